The number of morpholine rings is 1. The number of methoxy groups -OCH3 is 1. The third-order valence-electron chi connectivity index (χ3n) is 5.07. The van der Waals surface area contributed by atoms with Crippen LogP contribution in [0.5, 0.6) is 0 Å². The monoisotopic (exact) mass is 534 g/mol. The van der Waals surface area contributed by atoms with Crippen molar-refractivity contribution in [3.05, 3.63) is 65.2 Å². The minimum atomic E-state index is -3.71. The van der Waals surface area contributed by atoms with E-state index >= 15 is 0 Å². The van der Waals surface area contributed by atoms with Crippen molar-refractivity contribution >= 4 is 50.1 Å². The van der Waals surface area contributed by atoms with Gasteiger partial charge in [-0.05, 0) is 35.9 Å². The molecule has 0 bridgehead atoms. The summed E-state index contributed by atoms with van der Waals surface area (Å²) in [5.74, 6) is -0.265. The number of sulfonamides is 1. The minimum Gasteiger partial charge on any atom is -0.465 e. The molecular formula is C22H22N4O6S3. The average Bonchev–Trinajstić information content (AvgIpc) is 3.35. The number of esters is 1. The minimum absolute atomic E-state index is 0.0544. The summed E-state index contributed by atoms with van der Waals surface area (Å²) in [6.07, 6.45) is 0. The fraction of sp³-hybridized carbons (Fsp3) is 0.273. The summed E-state index contributed by atoms with van der Waals surface area (Å²) in [6, 6.07) is 13.0. The largest absolute Gasteiger partial charge is 0.465 e. The van der Waals surface area contributed by atoms with E-state index in [1.807, 2.05) is 12.1 Å². The predicted octanol–water partition coefficient (Wildman–Crippen LogP) is 2.89. The molecule has 0 aliphatic carbocycles. The quantitative estimate of drug-likeness (QED) is 0.264. The second-order valence-corrected chi connectivity index (χ2v) is 11.5. The van der Waals surface area contributed by atoms with E-state index in [0.29, 0.717) is 34.0 Å². The van der Waals surface area contributed by atoms with Crippen molar-refractivity contribution in [3.8, 4) is 0 Å². The van der Waals surface area contributed by atoms with Gasteiger partial charge in [0.15, 0.2) is 4.34 Å². The van der Waals surface area contributed by atoms with Crippen LogP contribution in [0.2, 0.25) is 0 Å². The number of carbonyl (C=O) groups excluding carboxylic acids is 2. The van der Waals surface area contributed by atoms with E-state index in [4.69, 9.17) is 9.47 Å². The molecule has 1 aliphatic heterocycles. The van der Waals surface area contributed by atoms with Crippen LogP contribution in [0.4, 0.5) is 5.13 Å². The third-order valence-corrected chi connectivity index (χ3v) is 9.01. The van der Waals surface area contributed by atoms with Gasteiger partial charge in [0.05, 0.1) is 30.8 Å². The Morgan fingerprint density at radius 3 is 2.57 bits per heavy atom. The number of hydrogen-bond acceptors (Lipinski definition) is 10. The van der Waals surface area contributed by atoms with Crippen LogP contribution in [-0.4, -0.2) is 68.2 Å². The van der Waals surface area contributed by atoms with Crippen LogP contribution in [0.3, 0.4) is 0 Å². The number of nitrogens with one attached hydrogen (secondary N) is 1. The number of anilines is 1. The summed E-state index contributed by atoms with van der Waals surface area (Å²) in [5.41, 5.74) is 1.67. The van der Waals surface area contributed by atoms with Crippen molar-refractivity contribution in [2.75, 3.05) is 38.7 Å². The Kier molecular flexibility index (Phi) is 8.13. The van der Waals surface area contributed by atoms with Gasteiger partial charge in [-0.1, -0.05) is 41.3 Å². The lowest BCUT2D eigenvalue weighted by atomic mass is 10.1. The molecule has 184 valence electrons. The van der Waals surface area contributed by atoms with Gasteiger partial charge < -0.3 is 9.47 Å². The fourth-order valence-electron chi connectivity index (χ4n) is 3.22. The van der Waals surface area contributed by atoms with E-state index < -0.39 is 21.9 Å². The molecule has 0 unspecified atom stereocenters. The van der Waals surface area contributed by atoms with Gasteiger partial charge in [0.25, 0.3) is 5.91 Å². The molecule has 1 fully saturated rings. The molecule has 1 saturated heterocycles. The van der Waals surface area contributed by atoms with Crippen molar-refractivity contribution in [1.29, 1.82) is 0 Å². The van der Waals surface area contributed by atoms with Gasteiger partial charge in [0.2, 0.25) is 15.2 Å². The van der Waals surface area contributed by atoms with Crippen molar-refractivity contribution in [3.63, 3.8) is 0 Å². The van der Waals surface area contributed by atoms with Gasteiger partial charge in [-0.2, -0.15) is 4.31 Å². The highest BCUT2D eigenvalue weighted by molar-refractivity contribution is 8.00. The summed E-state index contributed by atoms with van der Waals surface area (Å²) in [4.78, 5) is 24.3. The number of hydrogen-bond donors (Lipinski definition) is 1. The lowest BCUT2D eigenvalue weighted by molar-refractivity contribution is 0.0600. The topological polar surface area (TPSA) is 128 Å². The molecule has 0 spiro atoms. The van der Waals surface area contributed by atoms with Crippen molar-refractivity contribution in [2.24, 2.45) is 0 Å². The van der Waals surface area contributed by atoms with Crippen molar-refractivity contribution in [2.45, 2.75) is 15.0 Å². The molecule has 2 aromatic carbocycles. The average molecular weight is 535 g/mol. The van der Waals surface area contributed by atoms with Crippen LogP contribution in [0.25, 0.3) is 0 Å². The summed E-state index contributed by atoms with van der Waals surface area (Å²) in [5, 5.41) is 11.1. The van der Waals surface area contributed by atoms with Crippen LogP contribution in [0.15, 0.2) is 57.8 Å². The molecule has 2 heterocycles. The second-order valence-electron chi connectivity index (χ2n) is 7.35. The van der Waals surface area contributed by atoms with Crippen LogP contribution in [-0.2, 0) is 25.2 Å². The van der Waals surface area contributed by atoms with E-state index in [-0.39, 0.29) is 23.5 Å². The summed E-state index contributed by atoms with van der Waals surface area (Å²) in [6.45, 7) is 1.24. The molecule has 0 atom stereocenters. The summed E-state index contributed by atoms with van der Waals surface area (Å²) in [7, 11) is -2.38. The molecule has 1 amide bonds. The Labute approximate surface area is 210 Å². The molecule has 0 radical (unpaired) electrons. The highest BCUT2D eigenvalue weighted by Gasteiger charge is 2.27. The van der Waals surface area contributed by atoms with Crippen molar-refractivity contribution in [1.82, 2.24) is 14.5 Å². The Balaban J connectivity index is 1.36. The highest BCUT2D eigenvalue weighted by atomic mass is 32.2. The fourth-order valence-corrected chi connectivity index (χ4v) is 6.38. The normalized spacial score (nSPS) is 14.4. The van der Waals surface area contributed by atoms with Gasteiger partial charge in [-0.3, -0.25) is 10.1 Å². The summed E-state index contributed by atoms with van der Waals surface area (Å²) >= 11 is 2.65. The maximum atomic E-state index is 12.9. The first-order valence-corrected chi connectivity index (χ1v) is 13.7. The maximum Gasteiger partial charge on any atom is 0.337 e. The number of carbonyl (C=O) groups is 2. The van der Waals surface area contributed by atoms with E-state index in [9.17, 15) is 18.0 Å². The van der Waals surface area contributed by atoms with Gasteiger partial charge in [0.1, 0.15) is 0 Å². The number of thioether (sulfide) groups is 1. The van der Waals surface area contributed by atoms with Crippen LogP contribution in [0, 0.1) is 0 Å². The number of ether oxygens (including phenoxy) is 2. The molecule has 3 aromatic rings. The van der Waals surface area contributed by atoms with E-state index in [1.165, 1.54) is 52.7 Å². The van der Waals surface area contributed by atoms with Crippen LogP contribution < -0.4 is 5.32 Å². The lowest BCUT2D eigenvalue weighted by Gasteiger charge is -2.26. The number of amides is 1. The molecule has 0 saturated carbocycles. The Bertz CT molecular complexity index is 1300. The van der Waals surface area contributed by atoms with Crippen molar-refractivity contribution < 1.29 is 27.5 Å². The Morgan fingerprint density at radius 1 is 1.11 bits per heavy atom. The molecule has 13 heteroatoms. The van der Waals surface area contributed by atoms with Crippen LogP contribution in [0.1, 0.15) is 26.3 Å². The van der Waals surface area contributed by atoms with E-state index in [2.05, 4.69) is 15.5 Å². The standard InChI is InChI=1S/C22H22N4O6S3/c1-31-20(28)16-7-5-15(6-8-16)14-33-22-25-24-21(34-22)23-19(27)17-3-2-4-18(13-17)35(29,30)26-9-11-32-12-10-26/h2-8,13H,9-12,14H2,1H3,(H,23,24,27). The molecule has 10 nitrogen and oxygen atoms in total. The van der Waals surface area contributed by atoms with Crippen LogP contribution >= 0.6 is 23.1 Å². The third kappa shape index (κ3) is 6.24. The SMILES string of the molecule is COC(=O)c1ccc(CSc2nnc(NC(=O)c3cccc(S(=O)(=O)N4CCOCC4)c3)s2)cc1. The highest BCUT2D eigenvalue weighted by Crippen LogP contribution is 2.29. The van der Waals surface area contributed by atoms with E-state index in [0.717, 1.165) is 5.56 Å². The number of benzene rings is 2. The first-order chi connectivity index (χ1) is 16.9. The zero-order valence-electron chi connectivity index (χ0n) is 18.7. The molecule has 1 aromatic heterocycles. The van der Waals surface area contributed by atoms with Gasteiger partial charge >= 0.3 is 5.97 Å². The first-order valence-electron chi connectivity index (χ1n) is 10.5. The van der Waals surface area contributed by atoms with Gasteiger partial charge in [-0.25, -0.2) is 13.2 Å². The molecule has 1 N–H and O–H groups in total. The zero-order valence-corrected chi connectivity index (χ0v) is 21.1. The number of rotatable bonds is 8. The lowest BCUT2D eigenvalue weighted by Crippen LogP contribution is -2.40. The number of aromatic nitrogens is 2. The Morgan fingerprint density at radius 2 is 1.86 bits per heavy atom. The Hall–Kier alpha value is -2.84. The van der Waals surface area contributed by atoms with Gasteiger partial charge in [-0.15, -0.1) is 10.2 Å². The van der Waals surface area contributed by atoms with E-state index in [1.54, 1.807) is 18.2 Å². The molecule has 4 rings (SSSR count). The predicted molar refractivity (Wildman–Crippen MR) is 131 cm³/mol. The second kappa shape index (κ2) is 11.3. The first kappa shape index (κ1) is 25.3. The maximum absolute atomic E-state index is 12.9. The molecular weight excluding hydrogens is 512 g/mol. The summed E-state index contributed by atoms with van der Waals surface area (Å²) < 4.78 is 37.7. The zero-order chi connectivity index (χ0) is 24.8. The molecule has 35 heavy (non-hydrogen) atoms. The number of nitrogens with zero attached hydrogens (tertiary/aromatic N) is 3. The molecule has 1 aliphatic rings. The van der Waals surface area contributed by atoms with Gasteiger partial charge in [0, 0.05) is 24.4 Å². The smallest absolute Gasteiger partial charge is 0.337 e.